The normalized spacial score (nSPS) is 12.3. The number of halogens is 2. The van der Waals surface area contributed by atoms with E-state index in [4.69, 9.17) is 4.74 Å². The van der Waals surface area contributed by atoms with Crippen LogP contribution in [0, 0.1) is 11.7 Å². The number of ether oxygens (including phenoxy) is 1. The fraction of sp³-hybridized carbons (Fsp3) is 0.533. The van der Waals surface area contributed by atoms with E-state index in [1.165, 1.54) is 19.2 Å². The van der Waals surface area contributed by atoms with Gasteiger partial charge in [0.05, 0.1) is 7.11 Å². The van der Waals surface area contributed by atoms with Gasteiger partial charge >= 0.3 is 0 Å². The molecule has 1 unspecified atom stereocenters. The number of benzene rings is 1. The quantitative estimate of drug-likeness (QED) is 0.764. The summed E-state index contributed by atoms with van der Waals surface area (Å²) in [6.07, 6.45) is 2.07. The smallest absolute Gasteiger partial charge is 0.258 e. The Morgan fingerprint density at radius 1 is 1.40 bits per heavy atom. The fourth-order valence-corrected chi connectivity index (χ4v) is 3.05. The van der Waals surface area contributed by atoms with Crippen LogP contribution in [0.25, 0.3) is 0 Å². The summed E-state index contributed by atoms with van der Waals surface area (Å²) in [4.78, 5) is 12.3. The molecular weight excluding hydrogens is 325 g/mol. The molecule has 1 aromatic rings. The van der Waals surface area contributed by atoms with E-state index in [1.807, 2.05) is 0 Å². The molecule has 0 spiro atoms. The van der Waals surface area contributed by atoms with E-state index in [1.54, 1.807) is 6.07 Å². The highest BCUT2D eigenvalue weighted by molar-refractivity contribution is 9.09. The van der Waals surface area contributed by atoms with Gasteiger partial charge in [0.1, 0.15) is 17.1 Å². The van der Waals surface area contributed by atoms with Gasteiger partial charge < -0.3 is 10.1 Å². The average molecular weight is 346 g/mol. The van der Waals surface area contributed by atoms with E-state index in [2.05, 4.69) is 35.1 Å². The van der Waals surface area contributed by atoms with Crippen LogP contribution in [0.4, 0.5) is 4.39 Å². The van der Waals surface area contributed by atoms with Crippen LogP contribution < -0.4 is 10.1 Å². The van der Waals surface area contributed by atoms with Crippen molar-refractivity contribution in [3.05, 3.63) is 29.6 Å². The Morgan fingerprint density at radius 2 is 2.05 bits per heavy atom. The van der Waals surface area contributed by atoms with E-state index >= 15 is 0 Å². The number of carbonyl (C=O) groups excluding carboxylic acids is 1. The third-order valence-electron chi connectivity index (χ3n) is 3.44. The molecule has 20 heavy (non-hydrogen) atoms. The lowest BCUT2D eigenvalue weighted by molar-refractivity contribution is 0.0945. The summed E-state index contributed by atoms with van der Waals surface area (Å²) in [6.45, 7) is 4.69. The lowest BCUT2D eigenvalue weighted by Crippen LogP contribution is -2.33. The van der Waals surface area contributed by atoms with Crippen molar-refractivity contribution in [2.75, 3.05) is 13.7 Å². The van der Waals surface area contributed by atoms with Crippen LogP contribution in [0.1, 0.15) is 37.0 Å². The number of rotatable bonds is 7. The Morgan fingerprint density at radius 3 is 2.60 bits per heavy atom. The minimum atomic E-state index is -0.574. The van der Waals surface area contributed by atoms with Crippen molar-refractivity contribution >= 4 is 21.8 Å². The SMILES string of the molecule is CCC(CC)C(Br)CNC(=O)c1c(F)cccc1OC. The van der Waals surface area contributed by atoms with E-state index in [9.17, 15) is 9.18 Å². The molecule has 112 valence electrons. The third-order valence-corrected chi connectivity index (χ3v) is 4.51. The summed E-state index contributed by atoms with van der Waals surface area (Å²) < 4.78 is 18.8. The first-order valence-electron chi connectivity index (χ1n) is 6.79. The van der Waals surface area contributed by atoms with Crippen molar-refractivity contribution in [2.24, 2.45) is 5.92 Å². The molecule has 1 amide bonds. The first-order valence-corrected chi connectivity index (χ1v) is 7.71. The summed E-state index contributed by atoms with van der Waals surface area (Å²) in [5.41, 5.74) is -0.0424. The van der Waals surface area contributed by atoms with Crippen LogP contribution in [-0.2, 0) is 0 Å². The number of nitrogens with one attached hydrogen (secondary N) is 1. The molecule has 0 aromatic heterocycles. The summed E-state index contributed by atoms with van der Waals surface area (Å²) >= 11 is 3.58. The molecular formula is C15H21BrFNO2. The third kappa shape index (κ3) is 4.20. The molecule has 0 heterocycles. The number of hydrogen-bond acceptors (Lipinski definition) is 2. The minimum Gasteiger partial charge on any atom is -0.496 e. The van der Waals surface area contributed by atoms with Crippen molar-refractivity contribution in [3.8, 4) is 5.75 Å². The average Bonchev–Trinajstić information content (AvgIpc) is 2.45. The van der Waals surface area contributed by atoms with Gasteiger partial charge in [-0.2, -0.15) is 0 Å². The molecule has 0 bridgehead atoms. The number of methoxy groups -OCH3 is 1. The molecule has 0 aliphatic rings. The van der Waals surface area contributed by atoms with Crippen LogP contribution >= 0.6 is 15.9 Å². The van der Waals surface area contributed by atoms with Crippen LogP contribution in [0.15, 0.2) is 18.2 Å². The molecule has 0 aliphatic carbocycles. The standard InChI is InChI=1S/C15H21BrFNO2/c1-4-10(5-2)11(16)9-18-15(19)14-12(17)7-6-8-13(14)20-3/h6-8,10-11H,4-5,9H2,1-3H3,(H,18,19). The summed E-state index contributed by atoms with van der Waals surface area (Å²) in [7, 11) is 1.42. The zero-order valence-electron chi connectivity index (χ0n) is 12.1. The lowest BCUT2D eigenvalue weighted by Gasteiger charge is -2.20. The Balaban J connectivity index is 2.73. The molecule has 5 heteroatoms. The van der Waals surface area contributed by atoms with Gasteiger partial charge in [0.2, 0.25) is 0 Å². The van der Waals surface area contributed by atoms with Crippen molar-refractivity contribution < 1.29 is 13.9 Å². The molecule has 0 radical (unpaired) electrons. The highest BCUT2D eigenvalue weighted by Crippen LogP contribution is 2.22. The molecule has 1 N–H and O–H groups in total. The van der Waals surface area contributed by atoms with Gasteiger partial charge in [-0.05, 0) is 18.1 Å². The van der Waals surface area contributed by atoms with Gasteiger partial charge in [-0.1, -0.05) is 48.7 Å². The molecule has 1 atom stereocenters. The predicted molar refractivity (Wildman–Crippen MR) is 82.1 cm³/mol. The van der Waals surface area contributed by atoms with E-state index in [-0.39, 0.29) is 16.1 Å². The van der Waals surface area contributed by atoms with Crippen molar-refractivity contribution in [1.82, 2.24) is 5.32 Å². The van der Waals surface area contributed by atoms with Crippen LogP contribution in [0.5, 0.6) is 5.75 Å². The van der Waals surface area contributed by atoms with Crippen molar-refractivity contribution in [2.45, 2.75) is 31.5 Å². The second-order valence-electron chi connectivity index (χ2n) is 4.62. The Bertz CT molecular complexity index is 449. The highest BCUT2D eigenvalue weighted by atomic mass is 79.9. The predicted octanol–water partition coefficient (Wildman–Crippen LogP) is 3.76. The van der Waals surface area contributed by atoms with Gasteiger partial charge in [-0.15, -0.1) is 0 Å². The van der Waals surface area contributed by atoms with Gasteiger partial charge in [0, 0.05) is 11.4 Å². The number of hydrogen-bond donors (Lipinski definition) is 1. The zero-order chi connectivity index (χ0) is 15.1. The van der Waals surface area contributed by atoms with E-state index in [0.29, 0.717) is 12.5 Å². The summed E-state index contributed by atoms with van der Waals surface area (Å²) in [6, 6.07) is 4.34. The first-order chi connectivity index (χ1) is 9.54. The maximum Gasteiger partial charge on any atom is 0.258 e. The van der Waals surface area contributed by atoms with Crippen molar-refractivity contribution in [1.29, 1.82) is 0 Å². The zero-order valence-corrected chi connectivity index (χ0v) is 13.7. The number of carbonyl (C=O) groups is 1. The van der Waals surface area contributed by atoms with Crippen LogP contribution in [0.3, 0.4) is 0 Å². The van der Waals surface area contributed by atoms with Crippen molar-refractivity contribution in [3.63, 3.8) is 0 Å². The molecule has 0 fully saturated rings. The maximum absolute atomic E-state index is 13.8. The van der Waals surface area contributed by atoms with E-state index in [0.717, 1.165) is 12.8 Å². The van der Waals surface area contributed by atoms with Gasteiger partial charge in [-0.3, -0.25) is 4.79 Å². The van der Waals surface area contributed by atoms with E-state index < -0.39 is 11.7 Å². The molecule has 3 nitrogen and oxygen atoms in total. The Hall–Kier alpha value is -1.10. The summed E-state index contributed by atoms with van der Waals surface area (Å²) in [5, 5.41) is 2.76. The second kappa shape index (κ2) is 8.25. The van der Waals surface area contributed by atoms with Gasteiger partial charge in [0.25, 0.3) is 5.91 Å². The molecule has 0 saturated carbocycles. The molecule has 0 aliphatic heterocycles. The molecule has 0 saturated heterocycles. The largest absolute Gasteiger partial charge is 0.496 e. The minimum absolute atomic E-state index is 0.0424. The first kappa shape index (κ1) is 17.0. The van der Waals surface area contributed by atoms with Crippen LogP contribution in [0.2, 0.25) is 0 Å². The van der Waals surface area contributed by atoms with Crippen LogP contribution in [-0.4, -0.2) is 24.4 Å². The molecule has 1 rings (SSSR count). The van der Waals surface area contributed by atoms with Gasteiger partial charge in [0.15, 0.2) is 0 Å². The second-order valence-corrected chi connectivity index (χ2v) is 5.80. The fourth-order valence-electron chi connectivity index (χ4n) is 2.14. The number of amides is 1. The Labute approximate surface area is 128 Å². The number of alkyl halides is 1. The highest BCUT2D eigenvalue weighted by Gasteiger charge is 2.20. The van der Waals surface area contributed by atoms with Gasteiger partial charge in [-0.25, -0.2) is 4.39 Å². The monoisotopic (exact) mass is 345 g/mol. The Kier molecular flexibility index (Phi) is 6.99. The maximum atomic E-state index is 13.8. The topological polar surface area (TPSA) is 38.3 Å². The summed E-state index contributed by atoms with van der Waals surface area (Å²) in [5.74, 6) is -0.292. The molecule has 1 aromatic carbocycles. The lowest BCUT2D eigenvalue weighted by atomic mass is 9.99.